The molecule has 1 fully saturated rings. The molecule has 1 aliphatic rings. The summed E-state index contributed by atoms with van der Waals surface area (Å²) < 4.78 is 7.19. The van der Waals surface area contributed by atoms with Crippen LogP contribution in [0, 0.1) is 11.3 Å². The van der Waals surface area contributed by atoms with E-state index in [1.165, 1.54) is 16.6 Å². The number of morpholine rings is 1. The maximum absolute atomic E-state index is 13.2. The van der Waals surface area contributed by atoms with Gasteiger partial charge in [-0.2, -0.15) is 5.26 Å². The van der Waals surface area contributed by atoms with Gasteiger partial charge in [0, 0.05) is 25.8 Å². The normalized spacial score (nSPS) is 19.6. The van der Waals surface area contributed by atoms with Crippen molar-refractivity contribution in [2.75, 3.05) is 24.5 Å². The van der Waals surface area contributed by atoms with Crippen LogP contribution in [0.2, 0.25) is 0 Å². The van der Waals surface area contributed by atoms with Crippen molar-refractivity contribution in [1.29, 1.82) is 5.26 Å². The highest BCUT2D eigenvalue weighted by atomic mass is 16.5. The number of carbonyl (C=O) groups is 1. The molecule has 0 bridgehead atoms. The number of nitrogens with one attached hydrogen (secondary N) is 1. The quantitative estimate of drug-likeness (QED) is 0.470. The van der Waals surface area contributed by atoms with Gasteiger partial charge in [0.1, 0.15) is 23.1 Å². The molecule has 0 aromatic carbocycles. The average molecular weight is 393 g/mol. The standard InChI is InChI=1S/C21H23N5O3/c1-4-8-23-20(27)16(11-22)10-17-19(25-12-14(2)29-15(3)13-25)24-18-7-5-6-9-26(18)21(17)28/h4-7,9-10,14-15H,1,8,12-13H2,2-3H3,(H,23,27)/b16-10+/t14-,15+. The van der Waals surface area contributed by atoms with Crippen molar-refractivity contribution in [3.8, 4) is 6.07 Å². The molecule has 2 aromatic rings. The highest BCUT2D eigenvalue weighted by Gasteiger charge is 2.27. The zero-order valence-electron chi connectivity index (χ0n) is 16.5. The lowest BCUT2D eigenvalue weighted by Gasteiger charge is -2.36. The van der Waals surface area contributed by atoms with E-state index in [0.29, 0.717) is 24.6 Å². The Balaban J connectivity index is 2.18. The van der Waals surface area contributed by atoms with Gasteiger partial charge in [-0.15, -0.1) is 6.58 Å². The Morgan fingerprint density at radius 2 is 2.14 bits per heavy atom. The predicted octanol–water partition coefficient (Wildman–Crippen LogP) is 1.52. The molecule has 2 atom stereocenters. The molecule has 1 aliphatic heterocycles. The summed E-state index contributed by atoms with van der Waals surface area (Å²) in [4.78, 5) is 32.1. The van der Waals surface area contributed by atoms with E-state index in [9.17, 15) is 14.9 Å². The van der Waals surface area contributed by atoms with Gasteiger partial charge in [-0.05, 0) is 32.1 Å². The molecule has 3 heterocycles. The second kappa shape index (κ2) is 8.71. The number of pyridine rings is 1. The summed E-state index contributed by atoms with van der Waals surface area (Å²) in [5, 5.41) is 12.0. The van der Waals surface area contributed by atoms with Crippen molar-refractivity contribution < 1.29 is 9.53 Å². The predicted molar refractivity (Wildman–Crippen MR) is 110 cm³/mol. The number of rotatable bonds is 5. The summed E-state index contributed by atoms with van der Waals surface area (Å²) in [5.41, 5.74) is 0.172. The fourth-order valence-corrected chi connectivity index (χ4v) is 3.36. The van der Waals surface area contributed by atoms with E-state index in [1.54, 1.807) is 24.4 Å². The maximum atomic E-state index is 13.2. The molecule has 29 heavy (non-hydrogen) atoms. The third kappa shape index (κ3) is 4.36. The molecule has 8 heteroatoms. The lowest BCUT2D eigenvalue weighted by atomic mass is 10.1. The molecule has 2 aromatic heterocycles. The summed E-state index contributed by atoms with van der Waals surface area (Å²) in [6.07, 6.45) is 4.35. The number of nitrogens with zero attached hydrogens (tertiary/aromatic N) is 4. The second-order valence-electron chi connectivity index (χ2n) is 6.91. The van der Waals surface area contributed by atoms with Crippen LogP contribution in [0.15, 0.2) is 47.4 Å². The molecule has 8 nitrogen and oxygen atoms in total. The van der Waals surface area contributed by atoms with Gasteiger partial charge in [0.2, 0.25) is 0 Å². The first-order valence-corrected chi connectivity index (χ1v) is 9.37. The minimum Gasteiger partial charge on any atom is -0.372 e. The lowest BCUT2D eigenvalue weighted by Crippen LogP contribution is -2.46. The first-order chi connectivity index (χ1) is 13.9. The van der Waals surface area contributed by atoms with Gasteiger partial charge in [-0.1, -0.05) is 12.1 Å². The topological polar surface area (TPSA) is 99.7 Å². The Morgan fingerprint density at radius 3 is 2.79 bits per heavy atom. The Labute approximate surface area is 168 Å². The first-order valence-electron chi connectivity index (χ1n) is 9.37. The van der Waals surface area contributed by atoms with Gasteiger partial charge >= 0.3 is 0 Å². The molecule has 0 spiro atoms. The van der Waals surface area contributed by atoms with Crippen LogP contribution in [0.5, 0.6) is 0 Å². The minimum atomic E-state index is -0.570. The number of aromatic nitrogens is 2. The SMILES string of the molecule is C=CCNC(=O)/C(C#N)=C/c1c(N2C[C@@H](C)O[C@@H](C)C2)nc2ccccn2c1=O. The molecule has 0 aliphatic carbocycles. The molecule has 3 rings (SSSR count). The van der Waals surface area contributed by atoms with E-state index >= 15 is 0 Å². The highest BCUT2D eigenvalue weighted by Crippen LogP contribution is 2.23. The van der Waals surface area contributed by atoms with Crippen LogP contribution in [0.1, 0.15) is 19.4 Å². The van der Waals surface area contributed by atoms with Crippen molar-refractivity contribution in [2.24, 2.45) is 0 Å². The summed E-state index contributed by atoms with van der Waals surface area (Å²) in [6.45, 7) is 8.76. The molecule has 1 N–H and O–H groups in total. The number of ether oxygens (including phenoxy) is 1. The van der Waals surface area contributed by atoms with Crippen molar-refractivity contribution in [2.45, 2.75) is 26.1 Å². The first kappa shape index (κ1) is 20.3. The fraction of sp³-hybridized carbons (Fsp3) is 0.333. The van der Waals surface area contributed by atoms with Crippen LogP contribution in [0.25, 0.3) is 11.7 Å². The molecular formula is C21H23N5O3. The average Bonchev–Trinajstić information content (AvgIpc) is 2.70. The van der Waals surface area contributed by atoms with E-state index < -0.39 is 5.91 Å². The monoisotopic (exact) mass is 393 g/mol. The summed E-state index contributed by atoms with van der Waals surface area (Å²) in [5.74, 6) is -0.132. The van der Waals surface area contributed by atoms with Crippen LogP contribution in [-0.2, 0) is 9.53 Å². The Bertz CT molecular complexity index is 1060. The summed E-state index contributed by atoms with van der Waals surface area (Å²) >= 11 is 0. The van der Waals surface area contributed by atoms with E-state index in [4.69, 9.17) is 4.74 Å². The number of hydrogen-bond acceptors (Lipinski definition) is 6. The number of hydrogen-bond donors (Lipinski definition) is 1. The zero-order valence-corrected chi connectivity index (χ0v) is 16.5. The lowest BCUT2D eigenvalue weighted by molar-refractivity contribution is -0.116. The fourth-order valence-electron chi connectivity index (χ4n) is 3.36. The summed E-state index contributed by atoms with van der Waals surface area (Å²) in [6, 6.07) is 7.15. The number of fused-ring (bicyclic) bond motifs is 1. The third-order valence-corrected chi connectivity index (χ3v) is 4.53. The molecule has 0 unspecified atom stereocenters. The zero-order chi connectivity index (χ0) is 21.0. The van der Waals surface area contributed by atoms with Crippen LogP contribution < -0.4 is 15.8 Å². The Hall–Kier alpha value is -3.44. The van der Waals surface area contributed by atoms with E-state index in [2.05, 4.69) is 16.9 Å². The number of carbonyl (C=O) groups excluding carboxylic acids is 1. The van der Waals surface area contributed by atoms with Crippen LogP contribution in [0.4, 0.5) is 5.82 Å². The summed E-state index contributed by atoms with van der Waals surface area (Å²) in [7, 11) is 0. The Kier molecular flexibility index (Phi) is 6.10. The number of nitriles is 1. The molecule has 0 saturated carbocycles. The smallest absolute Gasteiger partial charge is 0.267 e. The molecular weight excluding hydrogens is 370 g/mol. The number of amides is 1. The maximum Gasteiger partial charge on any atom is 0.267 e. The van der Waals surface area contributed by atoms with Gasteiger partial charge in [0.15, 0.2) is 0 Å². The van der Waals surface area contributed by atoms with Gasteiger partial charge < -0.3 is 15.0 Å². The Morgan fingerprint density at radius 1 is 1.41 bits per heavy atom. The van der Waals surface area contributed by atoms with Crippen molar-refractivity contribution in [1.82, 2.24) is 14.7 Å². The van der Waals surface area contributed by atoms with Gasteiger partial charge in [-0.25, -0.2) is 4.98 Å². The van der Waals surface area contributed by atoms with Crippen molar-refractivity contribution in [3.05, 3.63) is 58.5 Å². The van der Waals surface area contributed by atoms with E-state index in [1.807, 2.05) is 24.8 Å². The molecule has 1 saturated heterocycles. The van der Waals surface area contributed by atoms with Crippen LogP contribution in [0.3, 0.4) is 0 Å². The largest absolute Gasteiger partial charge is 0.372 e. The third-order valence-electron chi connectivity index (χ3n) is 4.53. The van der Waals surface area contributed by atoms with E-state index in [-0.39, 0.29) is 35.4 Å². The minimum absolute atomic E-state index is 0.0436. The van der Waals surface area contributed by atoms with E-state index in [0.717, 1.165) is 0 Å². The van der Waals surface area contributed by atoms with Gasteiger partial charge in [-0.3, -0.25) is 14.0 Å². The van der Waals surface area contributed by atoms with Gasteiger partial charge in [0.25, 0.3) is 11.5 Å². The molecule has 0 radical (unpaired) electrons. The second-order valence-corrected chi connectivity index (χ2v) is 6.91. The van der Waals surface area contributed by atoms with Crippen LogP contribution >= 0.6 is 0 Å². The van der Waals surface area contributed by atoms with Crippen molar-refractivity contribution in [3.63, 3.8) is 0 Å². The highest BCUT2D eigenvalue weighted by molar-refractivity contribution is 6.02. The van der Waals surface area contributed by atoms with Crippen molar-refractivity contribution >= 4 is 23.4 Å². The molecule has 150 valence electrons. The number of anilines is 1. The van der Waals surface area contributed by atoms with Crippen LogP contribution in [-0.4, -0.2) is 47.1 Å². The molecule has 1 amide bonds. The van der Waals surface area contributed by atoms with Gasteiger partial charge in [0.05, 0.1) is 17.8 Å².